The third kappa shape index (κ3) is 4.90. The molecule has 9 aromatic carbocycles. The van der Waals surface area contributed by atoms with Crippen molar-refractivity contribution in [3.05, 3.63) is 205 Å². The molecule has 1 aliphatic carbocycles. The summed E-state index contributed by atoms with van der Waals surface area (Å²) in [5, 5.41) is 4.66. The molecule has 1 aliphatic rings. The number of para-hydroxylation sites is 6. The van der Waals surface area contributed by atoms with Gasteiger partial charge in [0.25, 0.3) is 0 Å². The second kappa shape index (κ2) is 12.7. The van der Waals surface area contributed by atoms with Crippen LogP contribution in [-0.2, 0) is 5.41 Å². The average molecular weight is 755 g/mol. The lowest BCUT2D eigenvalue weighted by atomic mass is 9.77. The van der Waals surface area contributed by atoms with Crippen LogP contribution in [-0.4, -0.2) is 19.1 Å². The van der Waals surface area contributed by atoms with Gasteiger partial charge in [0.2, 0.25) is 0 Å². The van der Waals surface area contributed by atoms with Crippen molar-refractivity contribution in [3.63, 3.8) is 0 Å². The summed E-state index contributed by atoms with van der Waals surface area (Å²) in [5.41, 5.74) is 16.0. The van der Waals surface area contributed by atoms with Crippen molar-refractivity contribution in [1.82, 2.24) is 19.1 Å². The zero-order chi connectivity index (χ0) is 39.2. The van der Waals surface area contributed by atoms with Crippen molar-refractivity contribution in [2.75, 3.05) is 0 Å². The van der Waals surface area contributed by atoms with Crippen molar-refractivity contribution < 1.29 is 0 Å². The predicted molar refractivity (Wildman–Crippen MR) is 245 cm³/mol. The zero-order valence-corrected chi connectivity index (χ0v) is 32.8. The van der Waals surface area contributed by atoms with Gasteiger partial charge < -0.3 is 0 Å². The number of benzene rings is 9. The second-order valence-corrected chi connectivity index (χ2v) is 16.1. The molecule has 0 amide bonds. The van der Waals surface area contributed by atoms with Crippen molar-refractivity contribution in [3.8, 4) is 56.4 Å². The Morgan fingerprint density at radius 2 is 0.814 bits per heavy atom. The maximum Gasteiger partial charge on any atom is 0.146 e. The quantitative estimate of drug-likeness (QED) is 0.164. The number of hydrogen-bond acceptors (Lipinski definition) is 2. The van der Waals surface area contributed by atoms with Gasteiger partial charge >= 0.3 is 0 Å². The van der Waals surface area contributed by atoms with Gasteiger partial charge in [0.05, 0.1) is 22.1 Å². The molecular formula is C55H38N4. The van der Waals surface area contributed by atoms with Gasteiger partial charge in [-0.05, 0) is 110 Å². The summed E-state index contributed by atoms with van der Waals surface area (Å²) in [6.45, 7) is 4.77. The van der Waals surface area contributed by atoms with E-state index in [1.165, 1.54) is 44.2 Å². The highest BCUT2D eigenvalue weighted by atomic mass is 15.1. The lowest BCUT2D eigenvalue weighted by Gasteiger charge is -2.26. The highest BCUT2D eigenvalue weighted by molar-refractivity contribution is 6.19. The molecule has 0 radical (unpaired) electrons. The maximum atomic E-state index is 5.41. The number of nitrogens with zero attached hydrogens (tertiary/aromatic N) is 4. The fraction of sp³-hybridized carbons (Fsp3) is 0.0545. The highest BCUT2D eigenvalue weighted by Gasteiger charge is 2.38. The van der Waals surface area contributed by atoms with Crippen molar-refractivity contribution in [2.45, 2.75) is 19.3 Å². The fourth-order valence-corrected chi connectivity index (χ4v) is 9.99. The number of hydrogen-bond donors (Lipinski definition) is 0. The number of fused-ring (bicyclic) bond motifs is 7. The minimum atomic E-state index is -0.213. The van der Waals surface area contributed by atoms with Gasteiger partial charge in [-0.1, -0.05) is 153 Å². The van der Waals surface area contributed by atoms with E-state index in [0.717, 1.165) is 67.0 Å². The Morgan fingerprint density at radius 1 is 0.373 bits per heavy atom. The molecule has 59 heavy (non-hydrogen) atoms. The first-order valence-electron chi connectivity index (χ1n) is 20.3. The van der Waals surface area contributed by atoms with Crippen molar-refractivity contribution in [2.24, 2.45) is 0 Å². The van der Waals surface area contributed by atoms with Gasteiger partial charge in [0, 0.05) is 27.9 Å². The summed E-state index contributed by atoms with van der Waals surface area (Å²) in [6.07, 6.45) is 0. The minimum Gasteiger partial charge on any atom is -0.292 e. The summed E-state index contributed by atoms with van der Waals surface area (Å²) in [4.78, 5) is 10.8. The first kappa shape index (κ1) is 33.6. The second-order valence-electron chi connectivity index (χ2n) is 16.1. The van der Waals surface area contributed by atoms with E-state index in [1.807, 2.05) is 0 Å². The van der Waals surface area contributed by atoms with Crippen LogP contribution in [0.2, 0.25) is 0 Å². The van der Waals surface area contributed by atoms with Crippen molar-refractivity contribution >= 4 is 43.6 Å². The summed E-state index contributed by atoms with van der Waals surface area (Å²) < 4.78 is 4.63. The molecule has 0 unspecified atom stereocenters. The van der Waals surface area contributed by atoms with Crippen LogP contribution in [0, 0.1) is 0 Å². The third-order valence-corrected chi connectivity index (χ3v) is 12.5. The molecule has 0 saturated heterocycles. The van der Waals surface area contributed by atoms with E-state index in [-0.39, 0.29) is 5.41 Å². The Balaban J connectivity index is 1.24. The minimum absolute atomic E-state index is 0.213. The lowest BCUT2D eigenvalue weighted by molar-refractivity contribution is 0.662. The Bertz CT molecular complexity index is 3290. The van der Waals surface area contributed by atoms with Crippen LogP contribution in [0.15, 0.2) is 194 Å². The highest BCUT2D eigenvalue weighted by Crippen LogP contribution is 2.54. The molecule has 0 spiro atoms. The topological polar surface area (TPSA) is 35.6 Å². The summed E-state index contributed by atoms with van der Waals surface area (Å²) in [5.74, 6) is 1.82. The van der Waals surface area contributed by atoms with E-state index >= 15 is 0 Å². The molecule has 11 aromatic rings. The van der Waals surface area contributed by atoms with E-state index in [4.69, 9.17) is 9.97 Å². The average Bonchev–Trinajstić information content (AvgIpc) is 3.94. The van der Waals surface area contributed by atoms with E-state index in [2.05, 4.69) is 217 Å². The van der Waals surface area contributed by atoms with Crippen LogP contribution >= 0.6 is 0 Å². The summed E-state index contributed by atoms with van der Waals surface area (Å²) >= 11 is 0. The molecule has 4 nitrogen and oxygen atoms in total. The van der Waals surface area contributed by atoms with Crippen molar-refractivity contribution in [1.29, 1.82) is 0 Å². The van der Waals surface area contributed by atoms with Crippen LogP contribution in [0.25, 0.3) is 100 Å². The predicted octanol–water partition coefficient (Wildman–Crippen LogP) is 14.0. The van der Waals surface area contributed by atoms with Gasteiger partial charge in [-0.25, -0.2) is 9.97 Å². The Kier molecular flexibility index (Phi) is 7.24. The van der Waals surface area contributed by atoms with Gasteiger partial charge in [0.15, 0.2) is 0 Å². The molecule has 2 aromatic heterocycles. The maximum absolute atomic E-state index is 5.41. The Hall–Kier alpha value is -7.56. The third-order valence-electron chi connectivity index (χ3n) is 12.5. The van der Waals surface area contributed by atoms with E-state index in [9.17, 15) is 0 Å². The first-order valence-corrected chi connectivity index (χ1v) is 20.3. The number of imidazole rings is 2. The Labute approximate surface area is 342 Å². The van der Waals surface area contributed by atoms with Crippen LogP contribution < -0.4 is 0 Å². The van der Waals surface area contributed by atoms with Crippen LogP contribution in [0.1, 0.15) is 25.0 Å². The van der Waals surface area contributed by atoms with Gasteiger partial charge in [-0.15, -0.1) is 0 Å². The standard InChI is InChI=1S/C55H38N4/c1-55(2)46-29-10-9-22-37(46)40-25-17-28-43(52(40)55)51-38-23-15-26-41(53-56-47-30-11-13-32-49(47)58(53)35-18-5-3-6-19-35)44(38)34-45-39(51)24-16-27-42(45)54-57-48-31-12-14-33-50(48)59(54)36-20-7-4-8-21-36/h3-34H,1-2H3. The lowest BCUT2D eigenvalue weighted by Crippen LogP contribution is -2.16. The van der Waals surface area contributed by atoms with Gasteiger partial charge in [-0.2, -0.15) is 0 Å². The van der Waals surface area contributed by atoms with E-state index in [0.29, 0.717) is 0 Å². The zero-order valence-electron chi connectivity index (χ0n) is 32.8. The molecule has 278 valence electrons. The molecule has 12 rings (SSSR count). The first-order chi connectivity index (χ1) is 29.1. The van der Waals surface area contributed by atoms with E-state index < -0.39 is 0 Å². The molecule has 2 heterocycles. The van der Waals surface area contributed by atoms with E-state index in [1.54, 1.807) is 0 Å². The van der Waals surface area contributed by atoms with Crippen LogP contribution in [0.4, 0.5) is 0 Å². The summed E-state index contributed by atoms with van der Waals surface area (Å²) in [7, 11) is 0. The SMILES string of the molecule is CC1(C)c2ccccc2-c2cccc(-c3c4cccc(-c5nc6ccccc6n5-c5ccccc5)c4cc4c(-c5nc6ccccc6n5-c5ccccc5)cccc34)c21. The van der Waals surface area contributed by atoms with Gasteiger partial charge in [-0.3, -0.25) is 9.13 Å². The molecular weight excluding hydrogens is 717 g/mol. The molecule has 0 atom stereocenters. The molecule has 0 bridgehead atoms. The Morgan fingerprint density at radius 3 is 1.39 bits per heavy atom. The smallest absolute Gasteiger partial charge is 0.146 e. The summed E-state index contributed by atoms with van der Waals surface area (Å²) in [6, 6.07) is 69.9. The molecule has 0 fully saturated rings. The number of aromatic nitrogens is 4. The number of rotatable bonds is 5. The largest absolute Gasteiger partial charge is 0.292 e. The molecule has 0 N–H and O–H groups in total. The molecule has 0 aliphatic heterocycles. The van der Waals surface area contributed by atoms with Crippen LogP contribution in [0.5, 0.6) is 0 Å². The fourth-order valence-electron chi connectivity index (χ4n) is 9.99. The normalized spacial score (nSPS) is 13.1. The van der Waals surface area contributed by atoms with Crippen LogP contribution in [0.3, 0.4) is 0 Å². The monoisotopic (exact) mass is 754 g/mol. The van der Waals surface area contributed by atoms with Gasteiger partial charge in [0.1, 0.15) is 11.6 Å². The molecule has 4 heteroatoms. The molecule has 0 saturated carbocycles.